The molecular weight excluding hydrogens is 371 g/mol. The average molecular weight is 397 g/mol. The molecule has 1 saturated carbocycles. The van der Waals surface area contributed by atoms with Crippen LogP contribution in [0.5, 0.6) is 0 Å². The average Bonchev–Trinajstić information content (AvgIpc) is 3.51. The van der Waals surface area contributed by atoms with E-state index in [2.05, 4.69) is 4.90 Å². The second-order valence-corrected chi connectivity index (χ2v) is 7.57. The van der Waals surface area contributed by atoms with Crippen LogP contribution in [-0.4, -0.2) is 60.0 Å². The van der Waals surface area contributed by atoms with Crippen LogP contribution in [0.15, 0.2) is 24.3 Å². The highest BCUT2D eigenvalue weighted by atomic mass is 19.4. The second-order valence-electron chi connectivity index (χ2n) is 7.57. The molecule has 0 atom stereocenters. The molecular formula is C20H26F3N3O2. The molecule has 1 N–H and O–H groups in total. The van der Waals surface area contributed by atoms with Crippen molar-refractivity contribution in [1.82, 2.24) is 15.1 Å². The molecule has 154 valence electrons. The first-order chi connectivity index (χ1) is 13.3. The van der Waals surface area contributed by atoms with E-state index in [9.17, 15) is 22.8 Å². The number of benzene rings is 1. The summed E-state index contributed by atoms with van der Waals surface area (Å²) >= 11 is 0. The topological polar surface area (TPSA) is 52.7 Å². The number of carbonyl (C=O) groups excluding carboxylic acids is 2. The third-order valence-electron chi connectivity index (χ3n) is 5.16. The van der Waals surface area contributed by atoms with Gasteiger partial charge in [-0.1, -0.05) is 12.1 Å². The van der Waals surface area contributed by atoms with E-state index in [-0.39, 0.29) is 11.5 Å². The van der Waals surface area contributed by atoms with Gasteiger partial charge >= 0.3 is 6.18 Å². The van der Waals surface area contributed by atoms with Gasteiger partial charge in [-0.2, -0.15) is 13.2 Å². The summed E-state index contributed by atoms with van der Waals surface area (Å²) < 4.78 is 36.6. The van der Waals surface area contributed by atoms with Crippen molar-refractivity contribution in [3.63, 3.8) is 0 Å². The molecule has 28 heavy (non-hydrogen) atoms. The number of hydrogen-bond donors (Lipinski definition) is 1. The van der Waals surface area contributed by atoms with Crippen molar-refractivity contribution >= 4 is 11.8 Å². The molecule has 0 unspecified atom stereocenters. The summed E-state index contributed by atoms with van der Waals surface area (Å²) in [6.45, 7) is 1.30. The van der Waals surface area contributed by atoms with E-state index >= 15 is 0 Å². The predicted molar refractivity (Wildman–Crippen MR) is 98.7 cm³/mol. The molecule has 0 spiro atoms. The number of carbonyl (C=O) groups is 2. The van der Waals surface area contributed by atoms with Gasteiger partial charge in [0.25, 0.3) is 5.91 Å². The molecule has 0 aromatic heterocycles. The van der Waals surface area contributed by atoms with Gasteiger partial charge in [-0.25, -0.2) is 0 Å². The van der Waals surface area contributed by atoms with Crippen molar-refractivity contribution in [3.05, 3.63) is 35.4 Å². The maximum atomic E-state index is 12.6. The molecule has 1 aliphatic carbocycles. The normalized spacial score (nSPS) is 17.6. The molecule has 3 rings (SSSR count). The van der Waals surface area contributed by atoms with Crippen LogP contribution in [0.3, 0.4) is 0 Å². The van der Waals surface area contributed by atoms with E-state index in [1.54, 1.807) is 12.1 Å². The van der Waals surface area contributed by atoms with Crippen LogP contribution in [0.1, 0.15) is 48.0 Å². The van der Waals surface area contributed by atoms with Crippen molar-refractivity contribution in [2.24, 2.45) is 0 Å². The quantitative estimate of drug-likeness (QED) is 0.770. The minimum Gasteiger partial charge on any atom is -0.343 e. The van der Waals surface area contributed by atoms with Crippen LogP contribution in [0.4, 0.5) is 13.2 Å². The zero-order valence-corrected chi connectivity index (χ0v) is 15.8. The Morgan fingerprint density at radius 2 is 1.71 bits per heavy atom. The first kappa shape index (κ1) is 20.6. The van der Waals surface area contributed by atoms with Crippen molar-refractivity contribution in [2.45, 2.75) is 50.9 Å². The summed E-state index contributed by atoms with van der Waals surface area (Å²) in [6, 6.07) is 6.94. The van der Waals surface area contributed by atoms with Gasteiger partial charge in [0.05, 0.1) is 6.54 Å². The molecule has 2 fully saturated rings. The number of nitrogens with zero attached hydrogens (tertiary/aromatic N) is 2. The molecule has 1 aliphatic heterocycles. The van der Waals surface area contributed by atoms with Crippen LogP contribution in [0.25, 0.3) is 0 Å². The van der Waals surface area contributed by atoms with E-state index in [0.29, 0.717) is 19.1 Å². The first-order valence-electron chi connectivity index (χ1n) is 9.77. The zero-order valence-electron chi connectivity index (χ0n) is 15.8. The SMILES string of the molecule is O=C(NCC(F)(F)F)c1ccc(CN(CC(=O)N2CCCCC2)C2CC2)cc1. The maximum absolute atomic E-state index is 12.6. The number of alkyl halides is 3. The van der Waals surface area contributed by atoms with Gasteiger partial charge in [-0.3, -0.25) is 14.5 Å². The van der Waals surface area contributed by atoms with E-state index in [1.807, 2.05) is 10.2 Å². The van der Waals surface area contributed by atoms with Gasteiger partial charge in [0, 0.05) is 31.2 Å². The minimum atomic E-state index is -4.43. The van der Waals surface area contributed by atoms with E-state index < -0.39 is 18.6 Å². The van der Waals surface area contributed by atoms with Crippen LogP contribution >= 0.6 is 0 Å². The summed E-state index contributed by atoms with van der Waals surface area (Å²) in [5, 5.41) is 1.87. The van der Waals surface area contributed by atoms with Crippen molar-refractivity contribution in [2.75, 3.05) is 26.2 Å². The summed E-state index contributed by atoms with van der Waals surface area (Å²) in [5.74, 6) is -0.585. The number of rotatable bonds is 7. The fourth-order valence-electron chi connectivity index (χ4n) is 3.45. The first-order valence-corrected chi connectivity index (χ1v) is 9.77. The summed E-state index contributed by atoms with van der Waals surface area (Å²) in [6.07, 6.45) is 1.02. The predicted octanol–water partition coefficient (Wildman–Crippen LogP) is 2.96. The smallest absolute Gasteiger partial charge is 0.343 e. The van der Waals surface area contributed by atoms with Crippen LogP contribution in [0.2, 0.25) is 0 Å². The number of amides is 2. The number of likely N-dealkylation sites (tertiary alicyclic amines) is 1. The lowest BCUT2D eigenvalue weighted by Gasteiger charge is -2.30. The molecule has 1 aromatic carbocycles. The third-order valence-corrected chi connectivity index (χ3v) is 5.16. The largest absolute Gasteiger partial charge is 0.405 e. The van der Waals surface area contributed by atoms with Crippen LogP contribution in [0, 0.1) is 0 Å². The number of piperidine rings is 1. The van der Waals surface area contributed by atoms with Crippen molar-refractivity contribution in [3.8, 4) is 0 Å². The van der Waals surface area contributed by atoms with Crippen LogP contribution < -0.4 is 5.32 Å². The number of halogens is 3. The maximum Gasteiger partial charge on any atom is 0.405 e. The zero-order chi connectivity index (χ0) is 20.1. The second kappa shape index (κ2) is 8.94. The molecule has 8 heteroatoms. The Kier molecular flexibility index (Phi) is 6.59. The van der Waals surface area contributed by atoms with Gasteiger partial charge < -0.3 is 10.2 Å². The summed E-state index contributed by atoms with van der Waals surface area (Å²) in [7, 11) is 0. The summed E-state index contributed by atoms with van der Waals surface area (Å²) in [4.78, 5) is 28.5. The molecule has 1 saturated heterocycles. The van der Waals surface area contributed by atoms with Gasteiger partial charge in [0.15, 0.2) is 0 Å². The third kappa shape index (κ3) is 6.22. The Balaban J connectivity index is 1.55. The Morgan fingerprint density at radius 1 is 1.07 bits per heavy atom. The lowest BCUT2D eigenvalue weighted by Crippen LogP contribution is -2.43. The Labute approximate surface area is 162 Å². The molecule has 1 heterocycles. The monoisotopic (exact) mass is 397 g/mol. The van der Waals surface area contributed by atoms with Crippen LogP contribution in [-0.2, 0) is 11.3 Å². The molecule has 2 amide bonds. The van der Waals surface area contributed by atoms with Gasteiger partial charge in [0.1, 0.15) is 6.54 Å². The van der Waals surface area contributed by atoms with E-state index in [1.165, 1.54) is 18.6 Å². The van der Waals surface area contributed by atoms with E-state index in [0.717, 1.165) is 44.3 Å². The van der Waals surface area contributed by atoms with Gasteiger partial charge in [0.2, 0.25) is 5.91 Å². The Bertz CT molecular complexity index is 681. The Morgan fingerprint density at radius 3 is 2.29 bits per heavy atom. The molecule has 2 aliphatic rings. The standard InChI is InChI=1S/C20H26F3N3O2/c21-20(22,23)14-24-19(28)16-6-4-15(5-7-16)12-26(17-8-9-17)13-18(27)25-10-2-1-3-11-25/h4-7,17H,1-3,8-14H2,(H,24,28). The molecule has 1 aromatic rings. The van der Waals surface area contributed by atoms with Crippen molar-refractivity contribution in [1.29, 1.82) is 0 Å². The fraction of sp³-hybridized carbons (Fsp3) is 0.600. The summed E-state index contributed by atoms with van der Waals surface area (Å²) in [5.41, 5.74) is 1.13. The van der Waals surface area contributed by atoms with Gasteiger partial charge in [-0.05, 0) is 49.8 Å². The number of nitrogens with one attached hydrogen (secondary N) is 1. The minimum absolute atomic E-state index is 0.162. The van der Waals surface area contributed by atoms with Gasteiger partial charge in [-0.15, -0.1) is 0 Å². The number of hydrogen-bond acceptors (Lipinski definition) is 3. The fourth-order valence-corrected chi connectivity index (χ4v) is 3.45. The highest BCUT2D eigenvalue weighted by Crippen LogP contribution is 2.28. The lowest BCUT2D eigenvalue weighted by molar-refractivity contribution is -0.133. The Hall–Kier alpha value is -2.09. The highest BCUT2D eigenvalue weighted by Gasteiger charge is 2.32. The van der Waals surface area contributed by atoms with E-state index in [4.69, 9.17) is 0 Å². The molecule has 5 nitrogen and oxygen atoms in total. The molecule has 0 radical (unpaired) electrons. The molecule has 0 bridgehead atoms. The highest BCUT2D eigenvalue weighted by molar-refractivity contribution is 5.94. The lowest BCUT2D eigenvalue weighted by atomic mass is 10.1. The van der Waals surface area contributed by atoms with Crippen molar-refractivity contribution < 1.29 is 22.8 Å².